The second kappa shape index (κ2) is 6.44. The molecule has 0 amide bonds. The van der Waals surface area contributed by atoms with Gasteiger partial charge in [-0.3, -0.25) is 0 Å². The second-order valence-corrected chi connectivity index (χ2v) is 7.92. The normalized spacial score (nSPS) is 41.1. The number of rotatable bonds is 2. The lowest BCUT2D eigenvalue weighted by molar-refractivity contribution is 0.205. The summed E-state index contributed by atoms with van der Waals surface area (Å²) in [6, 6.07) is 0.456. The molecule has 2 aliphatic rings. The first-order valence-corrected chi connectivity index (χ1v) is 8.23. The zero-order valence-electron chi connectivity index (χ0n) is 11.4. The van der Waals surface area contributed by atoms with Crippen LogP contribution in [0.5, 0.6) is 0 Å². The fourth-order valence-corrected chi connectivity index (χ4v) is 4.79. The molecule has 1 heterocycles. The van der Waals surface area contributed by atoms with Crippen LogP contribution in [0.2, 0.25) is 0 Å². The molecular weight excluding hydrogens is 228 g/mol. The van der Waals surface area contributed by atoms with Crippen LogP contribution in [0.25, 0.3) is 0 Å². The molecule has 100 valence electrons. The van der Waals surface area contributed by atoms with Crippen LogP contribution in [-0.2, 0) is 0 Å². The minimum atomic E-state index is 0.456. The SMILES string of the molecule is CC1CN(CC2CCCCCC2N)CC(C)S1. The van der Waals surface area contributed by atoms with Crippen LogP contribution in [0, 0.1) is 5.92 Å². The van der Waals surface area contributed by atoms with Gasteiger partial charge in [0.05, 0.1) is 0 Å². The van der Waals surface area contributed by atoms with E-state index in [2.05, 4.69) is 30.5 Å². The largest absolute Gasteiger partial charge is 0.327 e. The van der Waals surface area contributed by atoms with Crippen LogP contribution in [0.3, 0.4) is 0 Å². The number of thioether (sulfide) groups is 1. The Kier molecular flexibility index (Phi) is 5.19. The van der Waals surface area contributed by atoms with Gasteiger partial charge in [0.25, 0.3) is 0 Å². The van der Waals surface area contributed by atoms with E-state index < -0.39 is 0 Å². The molecule has 1 aliphatic carbocycles. The Morgan fingerprint density at radius 1 is 1.06 bits per heavy atom. The van der Waals surface area contributed by atoms with Crippen LogP contribution in [0.4, 0.5) is 0 Å². The monoisotopic (exact) mass is 256 g/mol. The van der Waals surface area contributed by atoms with Gasteiger partial charge in [-0.05, 0) is 18.8 Å². The van der Waals surface area contributed by atoms with Gasteiger partial charge in [0.15, 0.2) is 0 Å². The first-order valence-electron chi connectivity index (χ1n) is 7.28. The third-order valence-corrected chi connectivity index (χ3v) is 5.43. The van der Waals surface area contributed by atoms with Gasteiger partial charge in [0.1, 0.15) is 0 Å². The van der Waals surface area contributed by atoms with Crippen LogP contribution in [0.15, 0.2) is 0 Å². The summed E-state index contributed by atoms with van der Waals surface area (Å²) >= 11 is 2.14. The van der Waals surface area contributed by atoms with E-state index in [0.29, 0.717) is 6.04 Å². The molecule has 2 nitrogen and oxygen atoms in total. The second-order valence-electron chi connectivity index (χ2n) is 6.04. The summed E-state index contributed by atoms with van der Waals surface area (Å²) in [6.45, 7) is 8.49. The van der Waals surface area contributed by atoms with Crippen molar-refractivity contribution < 1.29 is 0 Å². The van der Waals surface area contributed by atoms with Gasteiger partial charge >= 0.3 is 0 Å². The topological polar surface area (TPSA) is 29.3 Å². The molecule has 0 aromatic rings. The number of hydrogen-bond acceptors (Lipinski definition) is 3. The van der Waals surface area contributed by atoms with Crippen molar-refractivity contribution in [1.82, 2.24) is 4.90 Å². The van der Waals surface area contributed by atoms with E-state index in [1.165, 1.54) is 51.7 Å². The van der Waals surface area contributed by atoms with Gasteiger partial charge in [-0.1, -0.05) is 33.1 Å². The summed E-state index contributed by atoms with van der Waals surface area (Å²) in [5.74, 6) is 0.750. The maximum Gasteiger partial charge on any atom is 0.0149 e. The lowest BCUT2D eigenvalue weighted by Crippen LogP contribution is -2.46. The first-order chi connectivity index (χ1) is 8.15. The Morgan fingerprint density at radius 3 is 2.41 bits per heavy atom. The predicted molar refractivity (Wildman–Crippen MR) is 77.5 cm³/mol. The molecular formula is C14H28N2S. The van der Waals surface area contributed by atoms with Crippen molar-refractivity contribution in [1.29, 1.82) is 0 Å². The summed E-state index contributed by atoms with van der Waals surface area (Å²) in [5.41, 5.74) is 6.33. The van der Waals surface area contributed by atoms with Gasteiger partial charge in [-0.25, -0.2) is 0 Å². The van der Waals surface area contributed by atoms with E-state index >= 15 is 0 Å². The van der Waals surface area contributed by atoms with Crippen LogP contribution < -0.4 is 5.73 Å². The maximum absolute atomic E-state index is 6.33. The lowest BCUT2D eigenvalue weighted by Gasteiger charge is -2.37. The highest BCUT2D eigenvalue weighted by molar-refractivity contribution is 8.00. The molecule has 0 aromatic carbocycles. The number of nitrogens with zero attached hydrogens (tertiary/aromatic N) is 1. The Morgan fingerprint density at radius 2 is 1.71 bits per heavy atom. The molecule has 0 bridgehead atoms. The zero-order valence-corrected chi connectivity index (χ0v) is 12.2. The molecule has 2 N–H and O–H groups in total. The molecule has 1 saturated heterocycles. The van der Waals surface area contributed by atoms with Crippen LogP contribution in [0.1, 0.15) is 46.0 Å². The van der Waals surface area contributed by atoms with Crippen molar-refractivity contribution in [3.05, 3.63) is 0 Å². The quantitative estimate of drug-likeness (QED) is 0.770. The van der Waals surface area contributed by atoms with E-state index in [9.17, 15) is 0 Å². The minimum Gasteiger partial charge on any atom is -0.327 e. The van der Waals surface area contributed by atoms with Gasteiger partial charge in [-0.15, -0.1) is 0 Å². The molecule has 0 aromatic heterocycles. The van der Waals surface area contributed by atoms with Gasteiger partial charge in [-0.2, -0.15) is 11.8 Å². The maximum atomic E-state index is 6.33. The summed E-state index contributed by atoms with van der Waals surface area (Å²) in [5, 5.41) is 1.58. The Labute approximate surface area is 111 Å². The van der Waals surface area contributed by atoms with Gasteiger partial charge in [0.2, 0.25) is 0 Å². The van der Waals surface area contributed by atoms with Crippen LogP contribution >= 0.6 is 11.8 Å². The highest BCUT2D eigenvalue weighted by atomic mass is 32.2. The van der Waals surface area contributed by atoms with E-state index in [4.69, 9.17) is 5.73 Å². The summed E-state index contributed by atoms with van der Waals surface area (Å²) in [7, 11) is 0. The number of hydrogen-bond donors (Lipinski definition) is 1. The molecule has 1 saturated carbocycles. The summed E-state index contributed by atoms with van der Waals surface area (Å²) < 4.78 is 0. The standard InChI is InChI=1S/C14H28N2S/c1-11-8-16(9-12(2)17-11)10-13-6-4-3-5-7-14(13)15/h11-14H,3-10,15H2,1-2H3. The van der Waals surface area contributed by atoms with Crippen molar-refractivity contribution in [2.24, 2.45) is 11.7 Å². The molecule has 17 heavy (non-hydrogen) atoms. The molecule has 4 atom stereocenters. The smallest absolute Gasteiger partial charge is 0.0149 e. The average molecular weight is 256 g/mol. The molecule has 0 spiro atoms. The molecule has 1 aliphatic heterocycles. The minimum absolute atomic E-state index is 0.456. The molecule has 4 unspecified atom stereocenters. The van der Waals surface area contributed by atoms with E-state index in [1.807, 2.05) is 0 Å². The van der Waals surface area contributed by atoms with E-state index in [-0.39, 0.29) is 0 Å². The fourth-order valence-electron chi connectivity index (χ4n) is 3.40. The fraction of sp³-hybridized carbons (Fsp3) is 1.00. The van der Waals surface area contributed by atoms with E-state index in [1.54, 1.807) is 0 Å². The van der Waals surface area contributed by atoms with Crippen LogP contribution in [-0.4, -0.2) is 41.1 Å². The molecule has 0 radical (unpaired) electrons. The lowest BCUT2D eigenvalue weighted by atomic mass is 9.94. The molecule has 2 fully saturated rings. The average Bonchev–Trinajstić information content (AvgIpc) is 2.43. The molecule has 2 rings (SSSR count). The summed E-state index contributed by atoms with van der Waals surface area (Å²) in [6.07, 6.45) is 6.74. The first kappa shape index (κ1) is 13.7. The predicted octanol–water partition coefficient (Wildman–Crippen LogP) is 2.72. The van der Waals surface area contributed by atoms with Crippen molar-refractivity contribution in [2.75, 3.05) is 19.6 Å². The zero-order chi connectivity index (χ0) is 12.3. The Bertz CT molecular complexity index is 224. The molecule has 3 heteroatoms. The third kappa shape index (κ3) is 4.15. The third-order valence-electron chi connectivity index (χ3n) is 4.21. The van der Waals surface area contributed by atoms with Crippen molar-refractivity contribution >= 4 is 11.8 Å². The highest BCUT2D eigenvalue weighted by Gasteiger charge is 2.27. The van der Waals surface area contributed by atoms with E-state index in [0.717, 1.165) is 16.4 Å². The highest BCUT2D eigenvalue weighted by Crippen LogP contribution is 2.28. The van der Waals surface area contributed by atoms with Gasteiger partial charge in [0, 0.05) is 36.2 Å². The van der Waals surface area contributed by atoms with Crippen molar-refractivity contribution in [3.63, 3.8) is 0 Å². The Hall–Kier alpha value is 0.270. The van der Waals surface area contributed by atoms with Crippen molar-refractivity contribution in [2.45, 2.75) is 62.5 Å². The number of nitrogens with two attached hydrogens (primary N) is 1. The Balaban J connectivity index is 1.85. The van der Waals surface area contributed by atoms with Crippen molar-refractivity contribution in [3.8, 4) is 0 Å². The van der Waals surface area contributed by atoms with Gasteiger partial charge < -0.3 is 10.6 Å². The summed E-state index contributed by atoms with van der Waals surface area (Å²) in [4.78, 5) is 2.67.